The van der Waals surface area contributed by atoms with Gasteiger partial charge in [-0.25, -0.2) is 9.07 Å². The maximum absolute atomic E-state index is 13.6. The van der Waals surface area contributed by atoms with Crippen molar-refractivity contribution in [2.24, 2.45) is 0 Å². The number of piperazine rings is 1. The lowest BCUT2D eigenvalue weighted by Gasteiger charge is -2.37. The van der Waals surface area contributed by atoms with E-state index in [4.69, 9.17) is 0 Å². The summed E-state index contributed by atoms with van der Waals surface area (Å²) in [7, 11) is 2.06. The number of halogens is 1. The largest absolute Gasteiger partial charge is 0.332 e. The Morgan fingerprint density at radius 2 is 2.08 bits per heavy atom. The summed E-state index contributed by atoms with van der Waals surface area (Å²) >= 11 is 0. The Morgan fingerprint density at radius 1 is 1.28 bits per heavy atom. The van der Waals surface area contributed by atoms with Crippen molar-refractivity contribution in [2.45, 2.75) is 31.7 Å². The molecule has 1 aromatic heterocycles. The molecule has 2 aliphatic rings. The fourth-order valence-electron chi connectivity index (χ4n) is 3.54. The van der Waals surface area contributed by atoms with Crippen LogP contribution in [0, 0.1) is 5.82 Å². The minimum absolute atomic E-state index is 0.0647. The second-order valence-electron chi connectivity index (χ2n) is 7.10. The second-order valence-corrected chi connectivity index (χ2v) is 7.10. The van der Waals surface area contributed by atoms with Gasteiger partial charge in [0.05, 0.1) is 11.4 Å². The van der Waals surface area contributed by atoms with E-state index in [0.29, 0.717) is 17.9 Å². The first kappa shape index (κ1) is 16.2. The van der Waals surface area contributed by atoms with Crippen LogP contribution < -0.4 is 0 Å². The lowest BCUT2D eigenvalue weighted by molar-refractivity contribution is 0.0526. The lowest BCUT2D eigenvalue weighted by atomic mass is 10.1. The zero-order chi connectivity index (χ0) is 17.6. The average Bonchev–Trinajstić information content (AvgIpc) is 3.32. The van der Waals surface area contributed by atoms with Crippen molar-refractivity contribution in [1.82, 2.24) is 24.8 Å². The quantitative estimate of drug-likeness (QED) is 0.856. The minimum Gasteiger partial charge on any atom is -0.332 e. The van der Waals surface area contributed by atoms with Gasteiger partial charge in [0.25, 0.3) is 5.91 Å². The summed E-state index contributed by atoms with van der Waals surface area (Å²) in [5, 5.41) is 8.38. The Bertz CT molecular complexity index is 801. The Labute approximate surface area is 146 Å². The van der Waals surface area contributed by atoms with Gasteiger partial charge in [-0.1, -0.05) is 11.3 Å². The van der Waals surface area contributed by atoms with Crippen LogP contribution in [0.25, 0.3) is 5.69 Å². The van der Waals surface area contributed by atoms with Crippen LogP contribution in [0.3, 0.4) is 0 Å². The number of benzene rings is 1. The molecular weight excluding hydrogens is 321 g/mol. The highest BCUT2D eigenvalue weighted by Gasteiger charge is 2.37. The summed E-state index contributed by atoms with van der Waals surface area (Å²) in [4.78, 5) is 17.2. The molecule has 2 aromatic rings. The van der Waals surface area contributed by atoms with E-state index in [1.165, 1.54) is 12.1 Å². The summed E-state index contributed by atoms with van der Waals surface area (Å²) < 4.78 is 15.2. The van der Waals surface area contributed by atoms with Gasteiger partial charge in [-0.15, -0.1) is 5.10 Å². The summed E-state index contributed by atoms with van der Waals surface area (Å²) in [6.07, 6.45) is 2.03. The zero-order valence-electron chi connectivity index (χ0n) is 14.5. The third-order valence-electron chi connectivity index (χ3n) is 5.02. The third kappa shape index (κ3) is 3.04. The van der Waals surface area contributed by atoms with Crippen molar-refractivity contribution >= 4 is 5.91 Å². The first-order valence-electron chi connectivity index (χ1n) is 8.75. The van der Waals surface area contributed by atoms with E-state index < -0.39 is 0 Å². The van der Waals surface area contributed by atoms with Gasteiger partial charge in [0.2, 0.25) is 0 Å². The van der Waals surface area contributed by atoms with Gasteiger partial charge in [0.1, 0.15) is 5.82 Å². The van der Waals surface area contributed by atoms with E-state index >= 15 is 0 Å². The third-order valence-corrected chi connectivity index (χ3v) is 5.02. The molecule has 132 valence electrons. The van der Waals surface area contributed by atoms with Crippen molar-refractivity contribution in [1.29, 1.82) is 0 Å². The molecular formula is C18H22FN5O. The molecule has 0 spiro atoms. The number of aromatic nitrogens is 3. The van der Waals surface area contributed by atoms with Crippen molar-refractivity contribution in [3.63, 3.8) is 0 Å². The molecule has 6 nitrogen and oxygen atoms in total. The van der Waals surface area contributed by atoms with Gasteiger partial charge < -0.3 is 9.80 Å². The van der Waals surface area contributed by atoms with Crippen LogP contribution >= 0.6 is 0 Å². The molecule has 0 radical (unpaired) electrons. The Morgan fingerprint density at radius 3 is 2.76 bits per heavy atom. The van der Waals surface area contributed by atoms with E-state index in [0.717, 1.165) is 31.6 Å². The minimum atomic E-state index is -0.324. The molecule has 25 heavy (non-hydrogen) atoms. The molecule has 7 heteroatoms. The first-order valence-corrected chi connectivity index (χ1v) is 8.75. The van der Waals surface area contributed by atoms with Crippen LogP contribution in [0.15, 0.2) is 24.3 Å². The SMILES string of the molecule is C[C@@H]1CN(C)CCN1C(=O)c1nnn(-c2cccc(F)c2)c1C1CC1. The molecule has 1 atom stereocenters. The standard InChI is InChI=1S/C18H22FN5O/c1-12-11-22(2)8-9-23(12)18(25)16-17(13-6-7-13)24(21-20-16)15-5-3-4-14(19)10-15/h3-5,10,12-13H,6-9,11H2,1-2H3/t12-/m1/s1. The van der Waals surface area contributed by atoms with Crippen LogP contribution in [-0.2, 0) is 0 Å². The molecule has 1 aliphatic carbocycles. The number of carbonyl (C=O) groups excluding carboxylic acids is 1. The van der Waals surface area contributed by atoms with E-state index in [-0.39, 0.29) is 23.7 Å². The summed E-state index contributed by atoms with van der Waals surface area (Å²) in [6.45, 7) is 4.45. The molecule has 0 unspecified atom stereocenters. The number of carbonyl (C=O) groups is 1. The predicted octanol–water partition coefficient (Wildman–Crippen LogP) is 2.06. The van der Waals surface area contributed by atoms with Crippen LogP contribution in [0.5, 0.6) is 0 Å². The highest BCUT2D eigenvalue weighted by atomic mass is 19.1. The summed E-state index contributed by atoms with van der Waals surface area (Å²) in [5.41, 5.74) is 1.85. The van der Waals surface area contributed by atoms with Crippen molar-refractivity contribution in [3.8, 4) is 5.69 Å². The van der Waals surface area contributed by atoms with Gasteiger partial charge in [-0.3, -0.25) is 4.79 Å². The zero-order valence-corrected chi connectivity index (χ0v) is 14.5. The number of hydrogen-bond acceptors (Lipinski definition) is 4. The van der Waals surface area contributed by atoms with Gasteiger partial charge in [-0.2, -0.15) is 0 Å². The monoisotopic (exact) mass is 343 g/mol. The van der Waals surface area contributed by atoms with Crippen LogP contribution in [0.4, 0.5) is 4.39 Å². The Hall–Kier alpha value is -2.28. The lowest BCUT2D eigenvalue weighted by Crippen LogP contribution is -2.52. The van der Waals surface area contributed by atoms with E-state index in [9.17, 15) is 9.18 Å². The molecule has 1 aromatic carbocycles. The number of nitrogens with zero attached hydrogens (tertiary/aromatic N) is 5. The van der Waals surface area contributed by atoms with Gasteiger partial charge >= 0.3 is 0 Å². The van der Waals surface area contributed by atoms with Crippen LogP contribution in [0.2, 0.25) is 0 Å². The fraction of sp³-hybridized carbons (Fsp3) is 0.500. The molecule has 1 aliphatic heterocycles. The average molecular weight is 343 g/mol. The van der Waals surface area contributed by atoms with E-state index in [2.05, 4.69) is 29.2 Å². The predicted molar refractivity (Wildman–Crippen MR) is 91.3 cm³/mol. The highest BCUT2D eigenvalue weighted by Crippen LogP contribution is 2.42. The maximum atomic E-state index is 13.6. The molecule has 2 fully saturated rings. The number of amides is 1. The highest BCUT2D eigenvalue weighted by molar-refractivity contribution is 5.94. The second kappa shape index (κ2) is 6.22. The van der Waals surface area contributed by atoms with Gasteiger partial charge in [0.15, 0.2) is 5.69 Å². The number of likely N-dealkylation sites (N-methyl/N-ethyl adjacent to an activating group) is 1. The Kier molecular flexibility index (Phi) is 4.03. The number of rotatable bonds is 3. The van der Waals surface area contributed by atoms with Crippen molar-refractivity contribution in [3.05, 3.63) is 41.5 Å². The van der Waals surface area contributed by atoms with E-state index in [1.807, 2.05) is 4.90 Å². The maximum Gasteiger partial charge on any atom is 0.276 e. The molecule has 0 N–H and O–H groups in total. The Balaban J connectivity index is 1.70. The molecule has 0 bridgehead atoms. The van der Waals surface area contributed by atoms with Crippen molar-refractivity contribution in [2.75, 3.05) is 26.7 Å². The fourth-order valence-corrected chi connectivity index (χ4v) is 3.54. The van der Waals surface area contributed by atoms with Crippen molar-refractivity contribution < 1.29 is 9.18 Å². The van der Waals surface area contributed by atoms with Gasteiger partial charge in [-0.05, 0) is 45.0 Å². The smallest absolute Gasteiger partial charge is 0.276 e. The van der Waals surface area contributed by atoms with E-state index in [1.54, 1.807) is 16.8 Å². The van der Waals surface area contributed by atoms with Crippen LogP contribution in [0.1, 0.15) is 41.9 Å². The first-order chi connectivity index (χ1) is 12.0. The molecule has 1 saturated carbocycles. The van der Waals surface area contributed by atoms with Crippen LogP contribution in [-0.4, -0.2) is 63.4 Å². The molecule has 4 rings (SSSR count). The molecule has 2 heterocycles. The topological polar surface area (TPSA) is 54.3 Å². The summed E-state index contributed by atoms with van der Waals surface area (Å²) in [6, 6.07) is 6.39. The summed E-state index contributed by atoms with van der Waals surface area (Å²) in [5.74, 6) is -0.111. The molecule has 1 amide bonds. The number of hydrogen-bond donors (Lipinski definition) is 0. The van der Waals surface area contributed by atoms with Gasteiger partial charge in [0, 0.05) is 31.6 Å². The molecule has 1 saturated heterocycles. The normalized spacial score (nSPS) is 21.6.